The lowest BCUT2D eigenvalue weighted by Gasteiger charge is -2.40. The molecule has 4 aliphatic heterocycles. The second-order valence-electron chi connectivity index (χ2n) is 12.7. The van der Waals surface area contributed by atoms with Crippen LogP contribution in [0.5, 0.6) is 0 Å². The summed E-state index contributed by atoms with van der Waals surface area (Å²) < 4.78 is -1.52. The lowest BCUT2D eigenvalue weighted by atomic mass is 9.74. The molecule has 1 unspecified atom stereocenters. The molecule has 8 heteroatoms. The molecule has 222 valence electrons. The molecular weight excluding hydrogens is 534 g/mol. The molecule has 4 heterocycles. The van der Waals surface area contributed by atoms with Crippen molar-refractivity contribution in [3.8, 4) is 0 Å². The van der Waals surface area contributed by atoms with Gasteiger partial charge in [0.05, 0.1) is 29.2 Å². The van der Waals surface area contributed by atoms with E-state index in [1.807, 2.05) is 46.2 Å². The Morgan fingerprint density at radius 2 is 1.66 bits per heavy atom. The third kappa shape index (κ3) is 5.27. The van der Waals surface area contributed by atoms with Crippen LogP contribution in [0.2, 0.25) is 0 Å². The highest BCUT2D eigenvalue weighted by molar-refractivity contribution is 8.02. The topological polar surface area (TPSA) is 81.2 Å². The fraction of sp³-hybridized carbons (Fsp3) is 0.606. The molecular formula is C33H45N3O4S. The van der Waals surface area contributed by atoms with Crippen LogP contribution in [0.1, 0.15) is 58.9 Å². The number of hydrogen-bond acceptors (Lipinski definition) is 5. The van der Waals surface area contributed by atoms with Gasteiger partial charge in [-0.3, -0.25) is 14.4 Å². The summed E-state index contributed by atoms with van der Waals surface area (Å²) in [5.74, 6) is -1.35. The van der Waals surface area contributed by atoms with Crippen LogP contribution in [0, 0.1) is 17.8 Å². The Bertz CT molecular complexity index is 1200. The number of nitrogens with zero attached hydrogens (tertiary/aromatic N) is 3. The van der Waals surface area contributed by atoms with E-state index in [9.17, 15) is 19.5 Å². The monoisotopic (exact) mass is 579 g/mol. The summed E-state index contributed by atoms with van der Waals surface area (Å²) in [6, 6.07) is 8.70. The lowest BCUT2D eigenvalue weighted by molar-refractivity contribution is -0.147. The van der Waals surface area contributed by atoms with Crippen molar-refractivity contribution >= 4 is 29.5 Å². The number of benzene rings is 1. The van der Waals surface area contributed by atoms with E-state index < -0.39 is 33.4 Å². The Morgan fingerprint density at radius 1 is 0.951 bits per heavy atom. The van der Waals surface area contributed by atoms with Gasteiger partial charge < -0.3 is 19.8 Å². The molecule has 5 rings (SSSR count). The summed E-state index contributed by atoms with van der Waals surface area (Å²) >= 11 is 1.61. The van der Waals surface area contributed by atoms with Crippen LogP contribution in [0.25, 0.3) is 0 Å². The minimum atomic E-state index is -0.882. The van der Waals surface area contributed by atoms with Gasteiger partial charge in [-0.2, -0.15) is 0 Å². The first-order valence-corrected chi connectivity index (χ1v) is 16.1. The van der Waals surface area contributed by atoms with E-state index in [4.69, 9.17) is 0 Å². The smallest absolute Gasteiger partial charge is 0.247 e. The number of aliphatic hydroxyl groups is 1. The summed E-state index contributed by atoms with van der Waals surface area (Å²) in [4.78, 5) is 49.0. The molecule has 0 aliphatic carbocycles. The van der Waals surface area contributed by atoms with Gasteiger partial charge in [0.15, 0.2) is 0 Å². The summed E-state index contributed by atoms with van der Waals surface area (Å²) in [5, 5.41) is 10.6. The largest absolute Gasteiger partial charge is 0.394 e. The fourth-order valence-electron chi connectivity index (χ4n) is 7.47. The van der Waals surface area contributed by atoms with Gasteiger partial charge >= 0.3 is 0 Å². The summed E-state index contributed by atoms with van der Waals surface area (Å²) in [5.41, 5.74) is 1.04. The van der Waals surface area contributed by atoms with E-state index >= 15 is 0 Å². The Labute approximate surface area is 249 Å². The number of rotatable bonds is 10. The number of hydrogen-bond donors (Lipinski definition) is 1. The van der Waals surface area contributed by atoms with Crippen molar-refractivity contribution in [3.05, 3.63) is 60.2 Å². The van der Waals surface area contributed by atoms with E-state index in [0.29, 0.717) is 32.6 Å². The third-order valence-corrected chi connectivity index (χ3v) is 11.1. The quantitative estimate of drug-likeness (QED) is 0.331. The number of fused-ring (bicyclic) bond motifs is 2. The maximum Gasteiger partial charge on any atom is 0.247 e. The predicted octanol–water partition coefficient (Wildman–Crippen LogP) is 4.27. The average molecular weight is 580 g/mol. The molecule has 1 aromatic carbocycles. The van der Waals surface area contributed by atoms with Crippen molar-refractivity contribution in [2.75, 3.05) is 26.2 Å². The molecule has 2 saturated heterocycles. The highest BCUT2D eigenvalue weighted by Crippen LogP contribution is 2.66. The molecule has 6 atom stereocenters. The number of likely N-dealkylation sites (tertiary alicyclic amines) is 1. The molecule has 1 N–H and O–H groups in total. The van der Waals surface area contributed by atoms with E-state index in [2.05, 4.69) is 45.9 Å². The highest BCUT2D eigenvalue weighted by Gasteiger charge is 2.74. The minimum absolute atomic E-state index is 0.0426. The van der Waals surface area contributed by atoms with Crippen LogP contribution >= 0.6 is 11.8 Å². The molecule has 0 radical (unpaired) electrons. The molecule has 0 aromatic heterocycles. The second-order valence-corrected chi connectivity index (χ2v) is 14.5. The highest BCUT2D eigenvalue weighted by atomic mass is 32.2. The van der Waals surface area contributed by atoms with Crippen LogP contribution in [0.3, 0.4) is 0 Å². The first-order valence-electron chi connectivity index (χ1n) is 15.3. The van der Waals surface area contributed by atoms with Gasteiger partial charge in [-0.15, -0.1) is 11.8 Å². The zero-order valence-electron chi connectivity index (χ0n) is 24.9. The van der Waals surface area contributed by atoms with E-state index in [-0.39, 0.29) is 30.2 Å². The standard InChI is InChI=1S/C33H45N3O4S/c1-5-6-10-17-34-18-12-16-33-27(30(39)36(28(33)31(34)40)25(22-37)20-23(2)3)26-29(38)35(19-11-15-32(26,4)41-33)21-24-13-8-7-9-14-24/h7-9,11-16,23,25-28,37H,5-6,10,17-22H2,1-4H3/t25-,26+,27+,28?,32-,33+/m1/s1. The Balaban J connectivity index is 1.58. The minimum Gasteiger partial charge on any atom is -0.394 e. The van der Waals surface area contributed by atoms with E-state index in [1.165, 1.54) is 0 Å². The van der Waals surface area contributed by atoms with Crippen LogP contribution in [0.4, 0.5) is 0 Å². The predicted molar refractivity (Wildman–Crippen MR) is 163 cm³/mol. The molecule has 0 saturated carbocycles. The first-order chi connectivity index (χ1) is 19.7. The fourth-order valence-corrected chi connectivity index (χ4v) is 9.62. The van der Waals surface area contributed by atoms with E-state index in [1.54, 1.807) is 16.7 Å². The maximum absolute atomic E-state index is 14.7. The molecule has 0 bridgehead atoms. The number of unbranched alkanes of at least 4 members (excludes halogenated alkanes) is 2. The van der Waals surface area contributed by atoms with Gasteiger partial charge in [0.25, 0.3) is 0 Å². The van der Waals surface area contributed by atoms with Gasteiger partial charge in [0.1, 0.15) is 6.04 Å². The first kappa shape index (κ1) is 29.9. The van der Waals surface area contributed by atoms with Gasteiger partial charge in [-0.1, -0.05) is 88.2 Å². The Morgan fingerprint density at radius 3 is 2.34 bits per heavy atom. The van der Waals surface area contributed by atoms with Crippen LogP contribution in [-0.4, -0.2) is 85.3 Å². The van der Waals surface area contributed by atoms with Gasteiger partial charge in [0.2, 0.25) is 17.7 Å². The molecule has 1 spiro atoms. The van der Waals surface area contributed by atoms with Crippen LogP contribution in [0.15, 0.2) is 54.6 Å². The number of carbonyl (C=O) groups excluding carboxylic acids is 3. The Kier molecular flexibility index (Phi) is 8.72. The van der Waals surface area contributed by atoms with Gasteiger partial charge in [-0.05, 0) is 31.2 Å². The molecule has 7 nitrogen and oxygen atoms in total. The normalized spacial score (nSPS) is 31.8. The number of carbonyl (C=O) groups is 3. The lowest BCUT2D eigenvalue weighted by Crippen LogP contribution is -2.57. The molecule has 1 aromatic rings. The summed E-state index contributed by atoms with van der Waals surface area (Å²) in [6.45, 7) is 10.2. The maximum atomic E-state index is 14.7. The molecule has 4 aliphatic rings. The third-order valence-electron chi connectivity index (χ3n) is 9.26. The van der Waals surface area contributed by atoms with Crippen molar-refractivity contribution in [2.24, 2.45) is 17.8 Å². The second kappa shape index (κ2) is 12.0. The van der Waals surface area contributed by atoms with Crippen molar-refractivity contribution in [3.63, 3.8) is 0 Å². The van der Waals surface area contributed by atoms with Crippen molar-refractivity contribution in [1.82, 2.24) is 14.7 Å². The number of thioether (sulfide) groups is 1. The zero-order valence-corrected chi connectivity index (χ0v) is 25.7. The summed E-state index contributed by atoms with van der Waals surface area (Å²) in [6.07, 6.45) is 11.9. The molecule has 41 heavy (non-hydrogen) atoms. The average Bonchev–Trinajstić information content (AvgIpc) is 3.23. The van der Waals surface area contributed by atoms with Crippen LogP contribution in [-0.2, 0) is 20.9 Å². The van der Waals surface area contributed by atoms with Crippen LogP contribution < -0.4 is 0 Å². The van der Waals surface area contributed by atoms with E-state index in [0.717, 1.165) is 24.8 Å². The number of aliphatic hydroxyl groups excluding tert-OH is 1. The molecule has 2 fully saturated rings. The van der Waals surface area contributed by atoms with Crippen molar-refractivity contribution < 1.29 is 19.5 Å². The number of amides is 3. The molecule has 3 amide bonds. The van der Waals surface area contributed by atoms with Gasteiger partial charge in [0, 0.05) is 30.9 Å². The van der Waals surface area contributed by atoms with Crippen molar-refractivity contribution in [2.45, 2.75) is 81.5 Å². The zero-order chi connectivity index (χ0) is 29.4. The summed E-state index contributed by atoms with van der Waals surface area (Å²) in [7, 11) is 0. The van der Waals surface area contributed by atoms with Crippen molar-refractivity contribution in [1.29, 1.82) is 0 Å². The Hall–Kier alpha value is -2.58. The SMILES string of the molecule is CCCCCN1CC=C[C@]23S[C@]4(C)C=CCN(Cc5ccccc5)C(=O)[C@@H]4[C@H]2C(=O)N([C@@H](CO)CC(C)C)C3C1=O. The van der Waals surface area contributed by atoms with Gasteiger partial charge in [-0.25, -0.2) is 0 Å².